The molecule has 3 aromatic rings. The molecule has 1 atom stereocenters. The van der Waals surface area contributed by atoms with E-state index in [9.17, 15) is 19.2 Å². The van der Waals surface area contributed by atoms with Gasteiger partial charge in [0.25, 0.3) is 11.8 Å². The van der Waals surface area contributed by atoms with Crippen molar-refractivity contribution in [2.24, 2.45) is 10.8 Å². The first-order valence-electron chi connectivity index (χ1n) is 17.5. The van der Waals surface area contributed by atoms with Crippen molar-refractivity contribution in [1.82, 2.24) is 15.5 Å². The number of hydrogen-bond donors (Lipinski definition) is 2. The molecule has 2 N–H and O–H groups in total. The van der Waals surface area contributed by atoms with Gasteiger partial charge in [0.05, 0.1) is 23.7 Å². The molecule has 3 aromatic carbocycles. The molecule has 52 heavy (non-hydrogen) atoms. The Morgan fingerprint density at radius 3 is 2.46 bits per heavy atom. The van der Waals surface area contributed by atoms with Crippen molar-refractivity contribution in [2.75, 3.05) is 19.8 Å². The highest BCUT2D eigenvalue weighted by molar-refractivity contribution is 6.31. The predicted octanol–water partition coefficient (Wildman–Crippen LogP) is 5.61. The summed E-state index contributed by atoms with van der Waals surface area (Å²) in [5.74, 6) is 0.0303. The topological polar surface area (TPSA) is 147 Å². The first-order valence-corrected chi connectivity index (χ1v) is 17.9. The van der Waals surface area contributed by atoms with Crippen molar-refractivity contribution in [1.29, 1.82) is 5.26 Å². The molecule has 1 saturated carbocycles. The Balaban J connectivity index is 0.917. The molecule has 0 bridgehead atoms. The fourth-order valence-corrected chi connectivity index (χ4v) is 8.23. The number of fused-ring (bicyclic) bond motifs is 1. The number of aryl methyl sites for hydroxylation is 1. The number of rotatable bonds is 13. The molecule has 11 nitrogen and oxygen atoms in total. The summed E-state index contributed by atoms with van der Waals surface area (Å²) in [4.78, 5) is 51.7. The summed E-state index contributed by atoms with van der Waals surface area (Å²) >= 11 is 6.22. The van der Waals surface area contributed by atoms with Gasteiger partial charge in [-0.3, -0.25) is 24.5 Å². The Morgan fingerprint density at radius 2 is 1.77 bits per heavy atom. The van der Waals surface area contributed by atoms with Crippen LogP contribution >= 0.6 is 11.6 Å². The van der Waals surface area contributed by atoms with Gasteiger partial charge in [-0.05, 0) is 61.2 Å². The predicted molar refractivity (Wildman–Crippen MR) is 193 cm³/mol. The molecule has 4 amide bonds. The van der Waals surface area contributed by atoms with Gasteiger partial charge in [-0.1, -0.05) is 57.5 Å². The molecular formula is C40H43ClN4O7. The number of benzene rings is 3. The number of carbonyl (C=O) groups excluding carboxylic acids is 4. The van der Waals surface area contributed by atoms with Crippen molar-refractivity contribution in [3.05, 3.63) is 93.5 Å². The molecule has 1 saturated heterocycles. The summed E-state index contributed by atoms with van der Waals surface area (Å²) in [6, 6.07) is 19.2. The first kappa shape index (κ1) is 36.9. The number of nitrogens with zero attached hydrogens (tertiary/aromatic N) is 2. The fraction of sp³-hybridized carbons (Fsp3) is 0.425. The highest BCUT2D eigenvalue weighted by Crippen LogP contribution is 2.55. The third-order valence-corrected chi connectivity index (χ3v) is 10.7. The maximum Gasteiger partial charge on any atom is 0.255 e. The minimum absolute atomic E-state index is 0.134. The minimum Gasteiger partial charge on any atom is -0.491 e. The van der Waals surface area contributed by atoms with Gasteiger partial charge < -0.3 is 24.4 Å². The van der Waals surface area contributed by atoms with E-state index in [2.05, 4.69) is 44.4 Å². The van der Waals surface area contributed by atoms with Crippen LogP contribution < -0.4 is 20.1 Å². The van der Waals surface area contributed by atoms with Crippen molar-refractivity contribution >= 4 is 35.2 Å². The van der Waals surface area contributed by atoms with Gasteiger partial charge in [-0.25, -0.2) is 0 Å². The molecule has 0 spiro atoms. The van der Waals surface area contributed by atoms with Crippen molar-refractivity contribution in [3.63, 3.8) is 0 Å². The van der Waals surface area contributed by atoms with Crippen LogP contribution in [0.5, 0.6) is 11.5 Å². The Morgan fingerprint density at radius 1 is 1.02 bits per heavy atom. The lowest BCUT2D eigenvalue weighted by Gasteiger charge is -2.63. The van der Waals surface area contributed by atoms with E-state index in [4.69, 9.17) is 31.1 Å². The highest BCUT2D eigenvalue weighted by Gasteiger charge is 2.64. The van der Waals surface area contributed by atoms with E-state index in [1.807, 2.05) is 24.3 Å². The number of piperidine rings is 1. The lowest BCUT2D eigenvalue weighted by molar-refractivity contribution is -0.164. The third-order valence-electron chi connectivity index (χ3n) is 10.4. The number of nitrogens with one attached hydrogen (secondary N) is 2. The van der Waals surface area contributed by atoms with E-state index in [0.717, 1.165) is 24.0 Å². The molecule has 6 rings (SSSR count). The summed E-state index contributed by atoms with van der Waals surface area (Å²) < 4.78 is 18.1. The Kier molecular flexibility index (Phi) is 10.6. The van der Waals surface area contributed by atoms with Crippen LogP contribution in [0.15, 0.2) is 60.7 Å². The monoisotopic (exact) mass is 726 g/mol. The van der Waals surface area contributed by atoms with Crippen LogP contribution in [0, 0.1) is 22.2 Å². The quantitative estimate of drug-likeness (QED) is 0.171. The fourth-order valence-electron chi connectivity index (χ4n) is 8.02. The molecule has 3 aliphatic rings. The minimum atomic E-state index is -0.674. The van der Waals surface area contributed by atoms with Crippen LogP contribution in [-0.2, 0) is 27.3 Å². The van der Waals surface area contributed by atoms with Crippen LogP contribution in [0.3, 0.4) is 0 Å². The molecule has 2 heterocycles. The summed E-state index contributed by atoms with van der Waals surface area (Å²) in [7, 11) is 0. The summed E-state index contributed by atoms with van der Waals surface area (Å²) in [5.41, 5.74) is 2.60. The third kappa shape index (κ3) is 7.36. The van der Waals surface area contributed by atoms with Gasteiger partial charge in [0.15, 0.2) is 0 Å². The summed E-state index contributed by atoms with van der Waals surface area (Å²) in [5, 5.41) is 15.1. The van der Waals surface area contributed by atoms with Crippen LogP contribution in [-0.4, -0.2) is 66.5 Å². The number of nitriles is 1. The van der Waals surface area contributed by atoms with Gasteiger partial charge in [0.2, 0.25) is 11.8 Å². The first-order chi connectivity index (χ1) is 24.8. The molecule has 1 aliphatic carbocycles. The van der Waals surface area contributed by atoms with E-state index in [0.29, 0.717) is 59.5 Å². The van der Waals surface area contributed by atoms with Crippen LogP contribution in [0.25, 0.3) is 0 Å². The van der Waals surface area contributed by atoms with Gasteiger partial charge in [-0.2, -0.15) is 5.26 Å². The van der Waals surface area contributed by atoms with Crippen LogP contribution in [0.4, 0.5) is 0 Å². The number of halogens is 1. The Labute approximate surface area is 308 Å². The highest BCUT2D eigenvalue weighted by atomic mass is 35.5. The molecule has 272 valence electrons. The van der Waals surface area contributed by atoms with Gasteiger partial charge in [0.1, 0.15) is 36.3 Å². The van der Waals surface area contributed by atoms with Crippen molar-refractivity contribution in [3.8, 4) is 17.6 Å². The molecule has 2 fully saturated rings. The van der Waals surface area contributed by atoms with Gasteiger partial charge >= 0.3 is 0 Å². The molecule has 12 heteroatoms. The molecule has 2 aliphatic heterocycles. The van der Waals surface area contributed by atoms with Gasteiger partial charge in [0, 0.05) is 52.7 Å². The standard InChI is InChI=1S/C40H43ClN4O7/c1-39(2)37(40(3,4)38(39)52-27-15-14-26(22-42)30(41)21-27)44-34(47)25-12-10-24(11-13-25)7-6-18-50-19-20-51-32-9-5-8-28-29(32)23-45(36(28)49)31-16-17-33(46)43-35(31)48/h5,8-15,21,31,37-38H,6-7,16-20,23H2,1-4H3,(H,44,47)(H,43,46,48). The van der Waals surface area contributed by atoms with Crippen LogP contribution in [0.2, 0.25) is 5.02 Å². The van der Waals surface area contributed by atoms with E-state index in [-0.39, 0.29) is 53.7 Å². The maximum absolute atomic E-state index is 13.3. The number of hydrogen-bond acceptors (Lipinski definition) is 8. The SMILES string of the molecule is CC1(C)C(NC(=O)c2ccc(CCCOCCOc3cccc4c3CN(C3CCC(=O)NC3=O)C4=O)cc2)C(C)(C)C1Oc1ccc(C#N)c(Cl)c1. The van der Waals surface area contributed by atoms with Crippen molar-refractivity contribution < 1.29 is 33.4 Å². The Bertz CT molecular complexity index is 1900. The molecule has 0 radical (unpaired) electrons. The number of carbonyl (C=O) groups is 4. The molecular weight excluding hydrogens is 684 g/mol. The largest absolute Gasteiger partial charge is 0.491 e. The lowest BCUT2D eigenvalue weighted by atomic mass is 9.49. The zero-order valence-corrected chi connectivity index (χ0v) is 30.5. The lowest BCUT2D eigenvalue weighted by Crippen LogP contribution is -2.74. The molecule has 0 aromatic heterocycles. The van der Waals surface area contributed by atoms with Gasteiger partial charge in [-0.15, -0.1) is 0 Å². The molecule has 1 unspecified atom stereocenters. The van der Waals surface area contributed by atoms with E-state index < -0.39 is 11.9 Å². The maximum atomic E-state index is 13.3. The summed E-state index contributed by atoms with van der Waals surface area (Å²) in [6.07, 6.45) is 1.90. The normalized spacial score (nSPS) is 21.4. The average molecular weight is 727 g/mol. The average Bonchev–Trinajstić information content (AvgIpc) is 3.45. The smallest absolute Gasteiger partial charge is 0.255 e. The van der Waals surface area contributed by atoms with Crippen molar-refractivity contribution in [2.45, 2.75) is 78.1 Å². The number of imide groups is 1. The van der Waals surface area contributed by atoms with E-state index in [1.165, 1.54) is 4.90 Å². The zero-order valence-electron chi connectivity index (χ0n) is 29.8. The van der Waals surface area contributed by atoms with E-state index >= 15 is 0 Å². The second kappa shape index (κ2) is 15.0. The Hall–Kier alpha value is -4.92. The second-order valence-corrected chi connectivity index (χ2v) is 15.2. The number of ether oxygens (including phenoxy) is 3. The summed E-state index contributed by atoms with van der Waals surface area (Å²) in [6.45, 7) is 9.75. The second-order valence-electron chi connectivity index (χ2n) is 14.7. The number of amides is 4. The van der Waals surface area contributed by atoms with Crippen LogP contribution in [0.1, 0.15) is 84.4 Å². The zero-order chi connectivity index (χ0) is 37.2. The van der Waals surface area contributed by atoms with E-state index in [1.54, 1.807) is 36.4 Å².